The Labute approximate surface area is 122 Å². The third-order valence-electron chi connectivity index (χ3n) is 3.17. The van der Waals surface area contributed by atoms with Gasteiger partial charge in [0, 0.05) is 11.5 Å². The number of rotatable bonds is 4. The maximum absolute atomic E-state index is 11.9. The molecule has 0 aliphatic rings. The van der Waals surface area contributed by atoms with Gasteiger partial charge in [0.1, 0.15) is 17.1 Å². The molecule has 4 heteroatoms. The Kier molecular flexibility index (Phi) is 3.60. The molecule has 0 radical (unpaired) electrons. The topological polar surface area (TPSA) is 55.4 Å². The number of amides is 1. The van der Waals surface area contributed by atoms with Gasteiger partial charge in [-0.25, -0.2) is 0 Å². The Morgan fingerprint density at radius 3 is 2.86 bits per heavy atom. The summed E-state index contributed by atoms with van der Waals surface area (Å²) in [4.78, 5) is 11.9. The third-order valence-corrected chi connectivity index (χ3v) is 3.17. The summed E-state index contributed by atoms with van der Waals surface area (Å²) >= 11 is 0. The molecule has 0 aliphatic carbocycles. The quantitative estimate of drug-likeness (QED) is 0.737. The van der Waals surface area contributed by atoms with Gasteiger partial charge in [-0.15, -0.1) is 0 Å². The van der Waals surface area contributed by atoms with Gasteiger partial charge in [-0.3, -0.25) is 4.79 Å². The number of carbonyl (C=O) groups is 1. The molecule has 1 N–H and O–H groups in total. The monoisotopic (exact) mass is 281 g/mol. The van der Waals surface area contributed by atoms with E-state index in [4.69, 9.17) is 8.83 Å². The molecule has 0 unspecified atom stereocenters. The Morgan fingerprint density at radius 1 is 1.24 bits per heavy atom. The van der Waals surface area contributed by atoms with Crippen molar-refractivity contribution in [1.82, 2.24) is 5.32 Å². The van der Waals surface area contributed by atoms with E-state index in [-0.39, 0.29) is 11.9 Å². The molecule has 1 aromatic carbocycles. The average Bonchev–Trinajstić information content (AvgIpc) is 3.14. The van der Waals surface area contributed by atoms with Crippen molar-refractivity contribution in [3.63, 3.8) is 0 Å². The highest BCUT2D eigenvalue weighted by atomic mass is 16.3. The predicted molar refractivity (Wildman–Crippen MR) is 80.5 cm³/mol. The lowest BCUT2D eigenvalue weighted by atomic mass is 10.2. The van der Waals surface area contributed by atoms with E-state index in [9.17, 15) is 4.79 Å². The predicted octanol–water partition coefficient (Wildman–Crippen LogP) is 3.92. The molecule has 0 aliphatic heterocycles. The summed E-state index contributed by atoms with van der Waals surface area (Å²) in [5.41, 5.74) is 0.819. The summed E-state index contributed by atoms with van der Waals surface area (Å²) in [5.74, 6) is 1.18. The summed E-state index contributed by atoms with van der Waals surface area (Å²) < 4.78 is 10.9. The standard InChI is InChI=1S/C17H15NO3/c1-12(16-11-13-5-2-3-7-15(13)21-16)18-17(19)9-8-14-6-4-10-20-14/h2-12H,1H3,(H,18,19)/b9-8+/t12-/m1/s1. The molecule has 2 heterocycles. The zero-order valence-electron chi connectivity index (χ0n) is 11.6. The molecule has 106 valence electrons. The van der Waals surface area contributed by atoms with Crippen LogP contribution < -0.4 is 5.32 Å². The number of furan rings is 2. The van der Waals surface area contributed by atoms with Crippen LogP contribution >= 0.6 is 0 Å². The van der Waals surface area contributed by atoms with Crippen molar-refractivity contribution >= 4 is 23.0 Å². The zero-order chi connectivity index (χ0) is 14.7. The molecule has 1 amide bonds. The van der Waals surface area contributed by atoms with Crippen molar-refractivity contribution in [3.8, 4) is 0 Å². The van der Waals surface area contributed by atoms with E-state index in [0.29, 0.717) is 5.76 Å². The van der Waals surface area contributed by atoms with Gasteiger partial charge in [-0.05, 0) is 37.3 Å². The fourth-order valence-electron chi connectivity index (χ4n) is 2.09. The van der Waals surface area contributed by atoms with Gasteiger partial charge in [-0.1, -0.05) is 18.2 Å². The zero-order valence-corrected chi connectivity index (χ0v) is 11.6. The molecule has 0 spiro atoms. The summed E-state index contributed by atoms with van der Waals surface area (Å²) in [5, 5.41) is 3.89. The summed E-state index contributed by atoms with van der Waals surface area (Å²) in [6.07, 6.45) is 4.63. The van der Waals surface area contributed by atoms with E-state index in [1.807, 2.05) is 37.3 Å². The highest BCUT2D eigenvalue weighted by molar-refractivity contribution is 5.91. The molecular formula is C17H15NO3. The van der Waals surface area contributed by atoms with Gasteiger partial charge >= 0.3 is 0 Å². The maximum Gasteiger partial charge on any atom is 0.244 e. The lowest BCUT2D eigenvalue weighted by Gasteiger charge is -2.08. The van der Waals surface area contributed by atoms with Crippen molar-refractivity contribution in [2.75, 3.05) is 0 Å². The van der Waals surface area contributed by atoms with Crippen molar-refractivity contribution < 1.29 is 13.6 Å². The summed E-state index contributed by atoms with van der Waals surface area (Å²) in [6, 6.07) is 13.1. The fourth-order valence-corrected chi connectivity index (χ4v) is 2.09. The molecule has 2 aromatic heterocycles. The Hall–Kier alpha value is -2.75. The second-order valence-electron chi connectivity index (χ2n) is 4.77. The highest BCUT2D eigenvalue weighted by Gasteiger charge is 2.12. The Balaban J connectivity index is 1.67. The second-order valence-corrected chi connectivity index (χ2v) is 4.77. The van der Waals surface area contributed by atoms with Crippen LogP contribution in [0.3, 0.4) is 0 Å². The van der Waals surface area contributed by atoms with Gasteiger partial charge in [-0.2, -0.15) is 0 Å². The largest absolute Gasteiger partial charge is 0.465 e. The molecule has 1 atom stereocenters. The maximum atomic E-state index is 11.9. The normalized spacial score (nSPS) is 12.8. The van der Waals surface area contributed by atoms with Crippen LogP contribution in [0.15, 0.2) is 63.6 Å². The van der Waals surface area contributed by atoms with E-state index in [2.05, 4.69) is 5.32 Å². The molecule has 0 saturated heterocycles. The number of hydrogen-bond acceptors (Lipinski definition) is 3. The van der Waals surface area contributed by atoms with E-state index in [0.717, 1.165) is 16.7 Å². The number of benzene rings is 1. The minimum atomic E-state index is -0.203. The van der Waals surface area contributed by atoms with Crippen molar-refractivity contribution in [3.05, 3.63) is 66.3 Å². The fraction of sp³-hybridized carbons (Fsp3) is 0.118. The van der Waals surface area contributed by atoms with Crippen LogP contribution in [0, 0.1) is 0 Å². The highest BCUT2D eigenvalue weighted by Crippen LogP contribution is 2.23. The number of fused-ring (bicyclic) bond motifs is 1. The van der Waals surface area contributed by atoms with Crippen molar-refractivity contribution in [2.24, 2.45) is 0 Å². The first-order valence-corrected chi connectivity index (χ1v) is 6.73. The van der Waals surface area contributed by atoms with E-state index < -0.39 is 0 Å². The molecule has 0 bridgehead atoms. The summed E-state index contributed by atoms with van der Waals surface area (Å²) in [6.45, 7) is 1.89. The van der Waals surface area contributed by atoms with Crippen LogP contribution in [0.5, 0.6) is 0 Å². The molecule has 4 nitrogen and oxygen atoms in total. The smallest absolute Gasteiger partial charge is 0.244 e. The first-order chi connectivity index (χ1) is 10.2. The lowest BCUT2D eigenvalue weighted by Crippen LogP contribution is -2.24. The van der Waals surface area contributed by atoms with Crippen molar-refractivity contribution in [1.29, 1.82) is 0 Å². The minimum absolute atomic E-state index is 0.195. The van der Waals surface area contributed by atoms with Crippen LogP contribution in [-0.4, -0.2) is 5.91 Å². The number of carbonyl (C=O) groups excluding carboxylic acids is 1. The third kappa shape index (κ3) is 3.05. The van der Waals surface area contributed by atoms with E-state index in [1.165, 1.54) is 6.08 Å². The van der Waals surface area contributed by atoms with Crippen LogP contribution in [-0.2, 0) is 4.79 Å². The number of hydrogen-bond donors (Lipinski definition) is 1. The average molecular weight is 281 g/mol. The van der Waals surface area contributed by atoms with Gasteiger partial charge in [0.25, 0.3) is 0 Å². The van der Waals surface area contributed by atoms with Gasteiger partial charge in [0.05, 0.1) is 12.3 Å². The molecular weight excluding hydrogens is 266 g/mol. The first kappa shape index (κ1) is 13.2. The Morgan fingerprint density at radius 2 is 2.10 bits per heavy atom. The van der Waals surface area contributed by atoms with Crippen LogP contribution in [0.25, 0.3) is 17.0 Å². The van der Waals surface area contributed by atoms with Gasteiger partial charge < -0.3 is 14.2 Å². The molecule has 0 saturated carbocycles. The van der Waals surface area contributed by atoms with Gasteiger partial charge in [0.15, 0.2) is 0 Å². The minimum Gasteiger partial charge on any atom is -0.465 e. The molecule has 21 heavy (non-hydrogen) atoms. The Bertz CT molecular complexity index is 735. The number of para-hydroxylation sites is 1. The first-order valence-electron chi connectivity index (χ1n) is 6.73. The van der Waals surface area contributed by atoms with Gasteiger partial charge in [0.2, 0.25) is 5.91 Å². The summed E-state index contributed by atoms with van der Waals surface area (Å²) in [7, 11) is 0. The number of nitrogens with one attached hydrogen (secondary N) is 1. The van der Waals surface area contributed by atoms with Crippen LogP contribution in [0.2, 0.25) is 0 Å². The molecule has 0 fully saturated rings. The lowest BCUT2D eigenvalue weighted by molar-refractivity contribution is -0.117. The SMILES string of the molecule is C[C@@H](NC(=O)/C=C/c1ccco1)c1cc2ccccc2o1. The van der Waals surface area contributed by atoms with E-state index in [1.54, 1.807) is 24.5 Å². The second kappa shape index (κ2) is 5.71. The van der Waals surface area contributed by atoms with E-state index >= 15 is 0 Å². The molecule has 3 aromatic rings. The van der Waals surface area contributed by atoms with Crippen LogP contribution in [0.1, 0.15) is 24.5 Å². The van der Waals surface area contributed by atoms with Crippen molar-refractivity contribution in [2.45, 2.75) is 13.0 Å². The van der Waals surface area contributed by atoms with Crippen LogP contribution in [0.4, 0.5) is 0 Å². The molecule has 3 rings (SSSR count).